The van der Waals surface area contributed by atoms with E-state index in [4.69, 9.17) is 18.7 Å². The summed E-state index contributed by atoms with van der Waals surface area (Å²) in [7, 11) is 3.07. The molecular formula is C20H18N2O7. The number of hydrogen-bond donors (Lipinski definition) is 0. The molecule has 150 valence electrons. The van der Waals surface area contributed by atoms with Crippen LogP contribution in [0.3, 0.4) is 0 Å². The van der Waals surface area contributed by atoms with Gasteiger partial charge in [0.25, 0.3) is 5.69 Å². The molecule has 1 heterocycles. The molecule has 29 heavy (non-hydrogen) atoms. The highest BCUT2D eigenvalue weighted by atomic mass is 16.6. The molecule has 2 aromatic carbocycles. The maximum atomic E-state index is 12.3. The minimum Gasteiger partial charge on any atom is -0.493 e. The third kappa shape index (κ3) is 4.18. The van der Waals surface area contributed by atoms with Crippen molar-refractivity contribution in [1.29, 1.82) is 0 Å². The Morgan fingerprint density at radius 3 is 2.59 bits per heavy atom. The molecule has 0 radical (unpaired) electrons. The van der Waals surface area contributed by atoms with Crippen LogP contribution in [0, 0.1) is 17.0 Å². The van der Waals surface area contributed by atoms with E-state index in [9.17, 15) is 14.9 Å². The molecule has 0 unspecified atom stereocenters. The van der Waals surface area contributed by atoms with Crippen molar-refractivity contribution in [3.8, 4) is 22.8 Å². The lowest BCUT2D eigenvalue weighted by atomic mass is 10.1. The number of aromatic nitrogens is 1. The summed E-state index contributed by atoms with van der Waals surface area (Å²) in [6, 6.07) is 11.1. The number of carbonyl (C=O) groups is 1. The van der Waals surface area contributed by atoms with Gasteiger partial charge in [0.1, 0.15) is 12.3 Å². The molecule has 3 rings (SSSR count). The first kappa shape index (κ1) is 19.9. The first-order valence-electron chi connectivity index (χ1n) is 8.53. The van der Waals surface area contributed by atoms with Crippen molar-refractivity contribution in [1.82, 2.24) is 5.16 Å². The predicted octanol–water partition coefficient (Wildman–Crippen LogP) is 3.93. The molecule has 0 spiro atoms. The summed E-state index contributed by atoms with van der Waals surface area (Å²) in [5.41, 5.74) is 1.33. The second-order valence-corrected chi connectivity index (χ2v) is 6.04. The summed E-state index contributed by atoms with van der Waals surface area (Å²) in [4.78, 5) is 22.8. The number of hydrogen-bond acceptors (Lipinski definition) is 8. The molecule has 0 saturated carbocycles. The fraction of sp³-hybridized carbons (Fsp3) is 0.200. The number of carbonyl (C=O) groups excluding carboxylic acids is 1. The van der Waals surface area contributed by atoms with E-state index in [1.807, 2.05) is 0 Å². The summed E-state index contributed by atoms with van der Waals surface area (Å²) >= 11 is 0. The van der Waals surface area contributed by atoms with E-state index in [1.165, 1.54) is 32.2 Å². The summed E-state index contributed by atoms with van der Waals surface area (Å²) in [6.45, 7) is 1.36. The first-order chi connectivity index (χ1) is 13.9. The van der Waals surface area contributed by atoms with Crippen LogP contribution >= 0.6 is 0 Å². The second kappa shape index (κ2) is 8.42. The van der Waals surface area contributed by atoms with Gasteiger partial charge >= 0.3 is 5.97 Å². The van der Waals surface area contributed by atoms with Crippen molar-refractivity contribution in [2.75, 3.05) is 14.2 Å². The normalized spacial score (nSPS) is 10.4. The highest BCUT2D eigenvalue weighted by Crippen LogP contribution is 2.32. The molecule has 0 aliphatic heterocycles. The number of nitro groups is 1. The predicted molar refractivity (Wildman–Crippen MR) is 102 cm³/mol. The molecule has 0 amide bonds. The summed E-state index contributed by atoms with van der Waals surface area (Å²) in [5.74, 6) is 0.901. The van der Waals surface area contributed by atoms with Crippen molar-refractivity contribution >= 4 is 11.7 Å². The average molecular weight is 398 g/mol. The van der Waals surface area contributed by atoms with Gasteiger partial charge in [0.05, 0.1) is 24.7 Å². The number of ether oxygens (including phenoxy) is 3. The zero-order valence-electron chi connectivity index (χ0n) is 16.0. The second-order valence-electron chi connectivity index (χ2n) is 6.04. The topological polar surface area (TPSA) is 114 Å². The quantitative estimate of drug-likeness (QED) is 0.334. The van der Waals surface area contributed by atoms with Gasteiger partial charge in [0.2, 0.25) is 0 Å². The Bertz CT molecular complexity index is 1060. The Balaban J connectivity index is 1.72. The van der Waals surface area contributed by atoms with Crippen LogP contribution < -0.4 is 9.47 Å². The van der Waals surface area contributed by atoms with Gasteiger partial charge in [-0.2, -0.15) is 0 Å². The van der Waals surface area contributed by atoms with Crippen molar-refractivity contribution in [2.24, 2.45) is 0 Å². The summed E-state index contributed by atoms with van der Waals surface area (Å²) in [5, 5.41) is 14.9. The van der Waals surface area contributed by atoms with Gasteiger partial charge in [0, 0.05) is 23.3 Å². The zero-order valence-corrected chi connectivity index (χ0v) is 16.0. The lowest BCUT2D eigenvalue weighted by molar-refractivity contribution is -0.385. The van der Waals surface area contributed by atoms with Crippen LogP contribution in [-0.4, -0.2) is 30.3 Å². The Labute approximate surface area is 165 Å². The van der Waals surface area contributed by atoms with E-state index < -0.39 is 10.9 Å². The molecule has 0 bridgehead atoms. The van der Waals surface area contributed by atoms with E-state index in [-0.39, 0.29) is 23.4 Å². The van der Waals surface area contributed by atoms with Gasteiger partial charge in [-0.3, -0.25) is 10.1 Å². The molecule has 0 fully saturated rings. The van der Waals surface area contributed by atoms with Gasteiger partial charge in [-0.05, 0) is 31.2 Å². The minimum absolute atomic E-state index is 0.128. The largest absolute Gasteiger partial charge is 0.493 e. The third-order valence-electron chi connectivity index (χ3n) is 4.30. The lowest BCUT2D eigenvalue weighted by Crippen LogP contribution is -2.08. The summed E-state index contributed by atoms with van der Waals surface area (Å²) in [6.07, 6.45) is 0. The Morgan fingerprint density at radius 2 is 1.90 bits per heavy atom. The lowest BCUT2D eigenvalue weighted by Gasteiger charge is -2.07. The van der Waals surface area contributed by atoms with Crippen LogP contribution in [0.5, 0.6) is 11.5 Å². The SMILES string of the molecule is COc1ccc(-c2cc(COC(=O)c3cccc([N+](=O)[O-])c3C)no2)cc1OC. The molecule has 0 aliphatic rings. The third-order valence-corrected chi connectivity index (χ3v) is 4.30. The standard InChI is InChI=1S/C20H18N2O7/c1-12-15(5-4-6-16(12)22(24)25)20(23)28-11-14-10-18(29-21-14)13-7-8-17(26-2)19(9-13)27-3/h4-10H,11H2,1-3H3. The molecule has 9 nitrogen and oxygen atoms in total. The molecule has 1 aromatic heterocycles. The average Bonchev–Trinajstić information content (AvgIpc) is 3.20. The smallest absolute Gasteiger partial charge is 0.339 e. The van der Waals surface area contributed by atoms with Crippen molar-refractivity contribution in [2.45, 2.75) is 13.5 Å². The van der Waals surface area contributed by atoms with Crippen LogP contribution in [0.15, 0.2) is 47.0 Å². The van der Waals surface area contributed by atoms with Gasteiger partial charge in [-0.15, -0.1) is 0 Å². The monoisotopic (exact) mass is 398 g/mol. The van der Waals surface area contributed by atoms with E-state index in [1.54, 1.807) is 31.4 Å². The number of rotatable bonds is 7. The van der Waals surface area contributed by atoms with Crippen LogP contribution in [0.1, 0.15) is 21.6 Å². The molecule has 0 N–H and O–H groups in total. The fourth-order valence-electron chi connectivity index (χ4n) is 2.77. The van der Waals surface area contributed by atoms with Crippen molar-refractivity contribution in [3.63, 3.8) is 0 Å². The van der Waals surface area contributed by atoms with Gasteiger partial charge in [-0.25, -0.2) is 4.79 Å². The molecule has 9 heteroatoms. The Hall–Kier alpha value is -3.88. The van der Waals surface area contributed by atoms with Crippen LogP contribution in [0.2, 0.25) is 0 Å². The van der Waals surface area contributed by atoms with Gasteiger partial charge in [0.15, 0.2) is 17.3 Å². The number of methoxy groups -OCH3 is 2. The summed E-state index contributed by atoms with van der Waals surface area (Å²) < 4.78 is 21.0. The molecule has 0 saturated heterocycles. The molecule has 3 aromatic rings. The Morgan fingerprint density at radius 1 is 1.14 bits per heavy atom. The molecule has 0 aliphatic carbocycles. The van der Waals surface area contributed by atoms with Gasteiger partial charge < -0.3 is 18.7 Å². The maximum absolute atomic E-state index is 12.3. The number of benzene rings is 2. The Kier molecular flexibility index (Phi) is 5.77. The number of esters is 1. The fourth-order valence-corrected chi connectivity index (χ4v) is 2.77. The molecule has 0 atom stereocenters. The highest BCUT2D eigenvalue weighted by Gasteiger charge is 2.19. The van der Waals surface area contributed by atoms with Crippen molar-refractivity contribution in [3.05, 3.63) is 69.4 Å². The minimum atomic E-state index is -0.679. The van der Waals surface area contributed by atoms with E-state index >= 15 is 0 Å². The molecular weight excluding hydrogens is 380 g/mol. The number of nitro benzene ring substituents is 1. The van der Waals surface area contributed by atoms with Crippen molar-refractivity contribution < 1.29 is 28.5 Å². The van der Waals surface area contributed by atoms with Gasteiger partial charge in [-0.1, -0.05) is 11.2 Å². The van der Waals surface area contributed by atoms with Crippen LogP contribution in [0.4, 0.5) is 5.69 Å². The first-order valence-corrected chi connectivity index (χ1v) is 8.53. The number of nitrogens with zero attached hydrogens (tertiary/aromatic N) is 2. The zero-order chi connectivity index (χ0) is 21.0. The van der Waals surface area contributed by atoms with E-state index in [2.05, 4.69) is 5.16 Å². The van der Waals surface area contributed by atoms with Crippen LogP contribution in [0.25, 0.3) is 11.3 Å². The van der Waals surface area contributed by atoms with E-state index in [0.717, 1.165) is 0 Å². The maximum Gasteiger partial charge on any atom is 0.339 e. The van der Waals surface area contributed by atoms with E-state index in [0.29, 0.717) is 28.5 Å². The highest BCUT2D eigenvalue weighted by molar-refractivity contribution is 5.92. The van der Waals surface area contributed by atoms with Crippen LogP contribution in [-0.2, 0) is 11.3 Å².